The van der Waals surface area contributed by atoms with E-state index in [9.17, 15) is 9.59 Å². The van der Waals surface area contributed by atoms with Gasteiger partial charge in [-0.25, -0.2) is 0 Å². The summed E-state index contributed by atoms with van der Waals surface area (Å²) in [5.41, 5.74) is -0.992. The molecule has 5 heteroatoms. The van der Waals surface area contributed by atoms with Crippen LogP contribution in [0.3, 0.4) is 0 Å². The number of cyclic esters (lactones) is 1. The summed E-state index contributed by atoms with van der Waals surface area (Å²) < 4.78 is 8.15. The molecule has 0 N–H and O–H groups in total. The van der Waals surface area contributed by atoms with E-state index in [2.05, 4.69) is 29.8 Å². The van der Waals surface area contributed by atoms with Gasteiger partial charge in [-0.2, -0.15) is 4.57 Å². The van der Waals surface area contributed by atoms with Gasteiger partial charge >= 0.3 is 5.97 Å². The minimum atomic E-state index is -0.992. The molecular weight excluding hydrogens is 346 g/mol. The molecule has 1 aromatic rings. The van der Waals surface area contributed by atoms with Crippen molar-refractivity contribution in [1.29, 1.82) is 0 Å². The average molecular weight is 369 g/mol. The zero-order chi connectivity index (χ0) is 16.3. The molecule has 0 amide bonds. The second-order valence-corrected chi connectivity index (χ2v) is 7.56. The zero-order valence-corrected chi connectivity index (χ0v) is 14.9. The molecule has 2 unspecified atom stereocenters. The minimum Gasteiger partial charge on any atom is -0.451 e. The highest BCUT2D eigenvalue weighted by Gasteiger charge is 2.49. The Morgan fingerprint density at radius 3 is 2.91 bits per heavy atom. The number of Topliss-reactive ketones (excluding diaryl/α,β-unsaturated/α-hetero) is 1. The topological polar surface area (TPSA) is 47.2 Å². The Kier molecular flexibility index (Phi) is 5.37. The fraction of sp³-hybridized carbons (Fsp3) is 0.588. The maximum atomic E-state index is 12.6. The number of hydrogen-bond acceptors (Lipinski definition) is 3. The summed E-state index contributed by atoms with van der Waals surface area (Å²) in [6.07, 6.45) is 5.94. The fourth-order valence-electron chi connectivity index (χ4n) is 2.75. The summed E-state index contributed by atoms with van der Waals surface area (Å²) in [4.78, 5) is 24.6. The van der Waals surface area contributed by atoms with Crippen molar-refractivity contribution in [3.63, 3.8) is 0 Å². The number of hydrogen-bond donors (Lipinski definition) is 0. The first-order valence-electron chi connectivity index (χ1n) is 7.71. The molecule has 0 bridgehead atoms. The monoisotopic (exact) mass is 368 g/mol. The lowest BCUT2D eigenvalue weighted by Gasteiger charge is -2.19. The lowest BCUT2D eigenvalue weighted by molar-refractivity contribution is -0.685. The van der Waals surface area contributed by atoms with Crippen LogP contribution >= 0.6 is 15.9 Å². The Morgan fingerprint density at radius 2 is 2.27 bits per heavy atom. The van der Waals surface area contributed by atoms with Crippen molar-refractivity contribution in [2.45, 2.75) is 52.2 Å². The van der Waals surface area contributed by atoms with Crippen molar-refractivity contribution in [3.05, 3.63) is 29.0 Å². The molecule has 1 saturated heterocycles. The largest absolute Gasteiger partial charge is 0.451 e. The lowest BCUT2D eigenvalue weighted by Crippen LogP contribution is -2.46. The van der Waals surface area contributed by atoms with Gasteiger partial charge in [0.1, 0.15) is 0 Å². The Morgan fingerprint density at radius 1 is 1.55 bits per heavy atom. The second kappa shape index (κ2) is 6.90. The minimum absolute atomic E-state index is 0.0593. The summed E-state index contributed by atoms with van der Waals surface area (Å²) in [6, 6.07) is 3.77. The lowest BCUT2D eigenvalue weighted by atomic mass is 9.88. The van der Waals surface area contributed by atoms with Crippen LogP contribution < -0.4 is 4.57 Å². The normalized spacial score (nSPS) is 24.6. The summed E-state index contributed by atoms with van der Waals surface area (Å²) in [5.74, 6) is 0.114. The van der Waals surface area contributed by atoms with Gasteiger partial charge in [0.25, 0.3) is 0 Å². The molecule has 4 nitrogen and oxygen atoms in total. The highest BCUT2D eigenvalue weighted by molar-refractivity contribution is 9.10. The van der Waals surface area contributed by atoms with Gasteiger partial charge in [-0.05, 0) is 41.3 Å². The number of esters is 1. The molecule has 2 heterocycles. The third-order valence-electron chi connectivity index (χ3n) is 4.13. The standard InChI is InChI=1S/C17H23BrNO3/c1-12(2)6-7-13-9-17(3,22-16(13)21)15(20)11-19-8-4-5-14(18)10-19/h4-5,8,10,12-13H,6-7,9,11H2,1-3H3/q+1. The van der Waals surface area contributed by atoms with Crippen LogP contribution in [0, 0.1) is 11.8 Å². The molecule has 1 fully saturated rings. The van der Waals surface area contributed by atoms with Gasteiger partial charge < -0.3 is 4.74 Å². The van der Waals surface area contributed by atoms with Gasteiger partial charge in [0, 0.05) is 12.5 Å². The SMILES string of the molecule is CC(C)CCC1CC(C)(C(=O)C[n+]2cccc(Br)c2)OC1=O. The van der Waals surface area contributed by atoms with E-state index >= 15 is 0 Å². The smallest absolute Gasteiger partial charge is 0.310 e. The van der Waals surface area contributed by atoms with Crippen LogP contribution in [0.5, 0.6) is 0 Å². The van der Waals surface area contributed by atoms with E-state index in [-0.39, 0.29) is 24.2 Å². The van der Waals surface area contributed by atoms with Gasteiger partial charge in [0.05, 0.1) is 10.4 Å². The first-order chi connectivity index (χ1) is 10.3. The molecule has 1 aromatic heterocycles. The molecule has 1 aliphatic rings. The number of nitrogens with zero attached hydrogens (tertiary/aromatic N) is 1. The number of ether oxygens (including phenoxy) is 1. The number of rotatable bonds is 6. The highest BCUT2D eigenvalue weighted by atomic mass is 79.9. The molecule has 0 spiro atoms. The number of pyridine rings is 1. The maximum Gasteiger partial charge on any atom is 0.310 e. The number of aromatic nitrogens is 1. The number of carbonyl (C=O) groups excluding carboxylic acids is 2. The fourth-order valence-corrected chi connectivity index (χ4v) is 3.16. The Balaban J connectivity index is 2.01. The number of carbonyl (C=O) groups is 2. The molecule has 1 aliphatic heterocycles. The van der Waals surface area contributed by atoms with Gasteiger partial charge in [0.2, 0.25) is 12.3 Å². The Hall–Kier alpha value is -1.23. The van der Waals surface area contributed by atoms with Gasteiger partial charge in [-0.3, -0.25) is 9.59 Å². The predicted octanol–water partition coefficient (Wildman–Crippen LogP) is 3.06. The molecule has 120 valence electrons. The van der Waals surface area contributed by atoms with E-state index in [0.717, 1.165) is 17.3 Å². The van der Waals surface area contributed by atoms with E-state index in [1.807, 2.05) is 24.5 Å². The molecule has 22 heavy (non-hydrogen) atoms. The van der Waals surface area contributed by atoms with Crippen LogP contribution in [0.15, 0.2) is 29.0 Å². The van der Waals surface area contributed by atoms with Gasteiger partial charge in [-0.15, -0.1) is 0 Å². The predicted molar refractivity (Wildman–Crippen MR) is 86.0 cm³/mol. The Bertz CT molecular complexity index is 573. The molecular formula is C17H23BrNO3+. The van der Waals surface area contributed by atoms with Crippen LogP contribution in [0.1, 0.15) is 40.0 Å². The molecule has 2 rings (SSSR count). The van der Waals surface area contributed by atoms with E-state index in [1.165, 1.54) is 0 Å². The Labute approximate surface area is 140 Å². The van der Waals surface area contributed by atoms with Crippen LogP contribution in [-0.4, -0.2) is 17.4 Å². The quantitative estimate of drug-likeness (QED) is 0.572. The summed E-state index contributed by atoms with van der Waals surface area (Å²) >= 11 is 3.38. The third kappa shape index (κ3) is 4.15. The molecule has 0 saturated carbocycles. The first kappa shape index (κ1) is 17.1. The van der Waals surface area contributed by atoms with Crippen molar-refractivity contribution >= 4 is 27.7 Å². The van der Waals surface area contributed by atoms with E-state index in [4.69, 9.17) is 4.74 Å². The molecule has 0 radical (unpaired) electrons. The van der Waals surface area contributed by atoms with Crippen LogP contribution in [0.4, 0.5) is 0 Å². The van der Waals surface area contributed by atoms with E-state index in [1.54, 1.807) is 11.5 Å². The van der Waals surface area contributed by atoms with Crippen LogP contribution in [0.25, 0.3) is 0 Å². The van der Waals surface area contributed by atoms with Gasteiger partial charge in [-0.1, -0.05) is 20.3 Å². The van der Waals surface area contributed by atoms with E-state index in [0.29, 0.717) is 12.3 Å². The van der Waals surface area contributed by atoms with Crippen molar-refractivity contribution in [2.75, 3.05) is 0 Å². The van der Waals surface area contributed by atoms with Crippen molar-refractivity contribution in [1.82, 2.24) is 0 Å². The summed E-state index contributed by atoms with van der Waals surface area (Å²) in [6.45, 7) is 6.21. The van der Waals surface area contributed by atoms with Crippen molar-refractivity contribution in [2.24, 2.45) is 11.8 Å². The second-order valence-electron chi connectivity index (χ2n) is 6.64. The van der Waals surface area contributed by atoms with E-state index < -0.39 is 5.60 Å². The summed E-state index contributed by atoms with van der Waals surface area (Å²) in [7, 11) is 0. The zero-order valence-electron chi connectivity index (χ0n) is 13.3. The third-order valence-corrected chi connectivity index (χ3v) is 4.59. The van der Waals surface area contributed by atoms with Crippen LogP contribution in [-0.2, 0) is 20.9 Å². The van der Waals surface area contributed by atoms with Crippen molar-refractivity contribution in [3.8, 4) is 0 Å². The average Bonchev–Trinajstić information content (AvgIpc) is 2.72. The molecule has 0 aliphatic carbocycles. The maximum absolute atomic E-state index is 12.6. The molecule has 0 aromatic carbocycles. The van der Waals surface area contributed by atoms with Gasteiger partial charge in [0.15, 0.2) is 18.0 Å². The number of ketones is 1. The molecule has 2 atom stereocenters. The number of halogens is 1. The first-order valence-corrected chi connectivity index (χ1v) is 8.50. The van der Waals surface area contributed by atoms with Crippen LogP contribution in [0.2, 0.25) is 0 Å². The summed E-state index contributed by atoms with van der Waals surface area (Å²) in [5, 5.41) is 0. The van der Waals surface area contributed by atoms with Crippen molar-refractivity contribution < 1.29 is 18.9 Å². The highest BCUT2D eigenvalue weighted by Crippen LogP contribution is 2.35.